The molecular formula is C34H35IN6O6S. The molecule has 48 heavy (non-hydrogen) atoms. The quantitative estimate of drug-likeness (QED) is 0.0622. The second kappa shape index (κ2) is 14.9. The number of benzene rings is 3. The summed E-state index contributed by atoms with van der Waals surface area (Å²) < 4.78 is 36.2. The fraction of sp³-hybridized carbons (Fsp3) is 0.206. The number of fused-ring (bicyclic) bond motifs is 2. The van der Waals surface area contributed by atoms with Crippen molar-refractivity contribution in [3.63, 3.8) is 0 Å². The van der Waals surface area contributed by atoms with E-state index in [1.54, 1.807) is 72.4 Å². The number of aryl methyl sites for hydroxylation is 2. The average molecular weight is 783 g/mol. The zero-order valence-electron chi connectivity index (χ0n) is 26.5. The lowest BCUT2D eigenvalue weighted by atomic mass is 10.0. The summed E-state index contributed by atoms with van der Waals surface area (Å²) in [5.41, 5.74) is 8.54. The first kappa shape index (κ1) is 36.0. The summed E-state index contributed by atoms with van der Waals surface area (Å²) in [6, 6.07) is 20.2. The van der Waals surface area contributed by atoms with Crippen molar-refractivity contribution >= 4 is 85.0 Å². The Morgan fingerprint density at radius 3 is 2.40 bits per heavy atom. The molecule has 1 amide bonds. The zero-order chi connectivity index (χ0) is 33.9. The van der Waals surface area contributed by atoms with Gasteiger partial charge >= 0.3 is 5.97 Å². The lowest BCUT2D eigenvalue weighted by Crippen LogP contribution is -2.43. The van der Waals surface area contributed by atoms with Gasteiger partial charge in [0.25, 0.3) is 10.0 Å². The highest BCUT2D eigenvalue weighted by molar-refractivity contribution is 14.0. The van der Waals surface area contributed by atoms with Gasteiger partial charge in [0, 0.05) is 60.3 Å². The molecule has 0 aliphatic heterocycles. The lowest BCUT2D eigenvalue weighted by Gasteiger charge is -2.27. The molecule has 0 fully saturated rings. The van der Waals surface area contributed by atoms with Gasteiger partial charge in [-0.25, -0.2) is 8.42 Å². The number of ether oxygens (including phenoxy) is 1. The van der Waals surface area contributed by atoms with Crippen molar-refractivity contribution in [1.82, 2.24) is 14.5 Å². The van der Waals surface area contributed by atoms with Crippen molar-refractivity contribution in [2.45, 2.75) is 17.7 Å². The molecule has 0 aliphatic rings. The van der Waals surface area contributed by atoms with Crippen LogP contribution < -0.4 is 10.0 Å². The Morgan fingerprint density at radius 2 is 1.71 bits per heavy atom. The molecule has 12 nitrogen and oxygen atoms in total. The van der Waals surface area contributed by atoms with Gasteiger partial charge in [0.15, 0.2) is 5.78 Å². The number of nitrogen functional groups attached to an aromatic ring is 1. The number of amidine groups is 1. The number of halogens is 1. The van der Waals surface area contributed by atoms with Crippen LogP contribution in [0.1, 0.15) is 27.9 Å². The largest absolute Gasteiger partial charge is 0.468 e. The Labute approximate surface area is 295 Å². The maximum Gasteiger partial charge on any atom is 0.325 e. The van der Waals surface area contributed by atoms with Gasteiger partial charge in [-0.3, -0.25) is 29.1 Å². The summed E-state index contributed by atoms with van der Waals surface area (Å²) in [5.74, 6) is -1.49. The van der Waals surface area contributed by atoms with Gasteiger partial charge in [0.05, 0.1) is 18.3 Å². The van der Waals surface area contributed by atoms with Gasteiger partial charge in [0.1, 0.15) is 23.8 Å². The van der Waals surface area contributed by atoms with Crippen LogP contribution in [0, 0.1) is 5.41 Å². The second-order valence-electron chi connectivity index (χ2n) is 11.1. The lowest BCUT2D eigenvalue weighted by molar-refractivity contribution is -0.145. The minimum atomic E-state index is -4.40. The topological polar surface area (TPSA) is 169 Å². The number of nitrogens with one attached hydrogen (secondary N) is 1. The third kappa shape index (κ3) is 7.49. The van der Waals surface area contributed by atoms with E-state index in [1.807, 2.05) is 12.1 Å². The van der Waals surface area contributed by atoms with E-state index in [1.165, 1.54) is 26.4 Å². The average Bonchev–Trinajstić information content (AvgIpc) is 3.40. The van der Waals surface area contributed by atoms with Gasteiger partial charge in [0.2, 0.25) is 5.91 Å². The van der Waals surface area contributed by atoms with Crippen LogP contribution in [-0.2, 0) is 37.8 Å². The molecule has 3 aromatic carbocycles. The molecule has 5 aromatic rings. The van der Waals surface area contributed by atoms with Crippen LogP contribution in [0.4, 0.5) is 5.69 Å². The molecule has 0 atom stereocenters. The fourth-order valence-electron chi connectivity index (χ4n) is 5.31. The number of likely N-dealkylation sites (N-methyl/N-ethyl adjacent to an activating group) is 1. The van der Waals surface area contributed by atoms with Crippen molar-refractivity contribution in [1.29, 1.82) is 5.41 Å². The molecule has 0 saturated carbocycles. The third-order valence-electron chi connectivity index (χ3n) is 7.93. The monoisotopic (exact) mass is 782 g/mol. The standard InChI is InChI=1S/C34H34N6O6S.HI/c1-38-19-27(29(41)16-11-22-9-12-24(13-10-22)34(35)36)26-18-25(14-15-28(26)38)40(20-31(42)39(2)21-32(43)46-3)47(44,45)30-8-4-6-23-7-5-17-37-33(23)30;/h4-10,12-15,17-19H,11,16,20-21H2,1-3H3,(H3,35,36);1H. The number of sulfonamides is 1. The molecule has 5 rings (SSSR count). The van der Waals surface area contributed by atoms with E-state index in [4.69, 9.17) is 11.1 Å². The Bertz CT molecular complexity index is 2130. The first-order valence-electron chi connectivity index (χ1n) is 14.6. The molecule has 0 radical (unpaired) electrons. The summed E-state index contributed by atoms with van der Waals surface area (Å²) in [5, 5.41) is 8.69. The highest BCUT2D eigenvalue weighted by Crippen LogP contribution is 2.32. The minimum absolute atomic E-state index is 0. The van der Waals surface area contributed by atoms with Crippen molar-refractivity contribution in [2.24, 2.45) is 12.8 Å². The molecule has 0 bridgehead atoms. The number of hydrogen-bond acceptors (Lipinski definition) is 8. The van der Waals surface area contributed by atoms with Crippen LogP contribution in [0.5, 0.6) is 0 Å². The van der Waals surface area contributed by atoms with Crippen LogP contribution in [-0.4, -0.2) is 73.6 Å². The number of methoxy groups -OCH3 is 1. The number of esters is 1. The summed E-state index contributed by atoms with van der Waals surface area (Å²) in [7, 11) is -0.0295. The number of Topliss-reactive ketones (excluding diaryl/α,β-unsaturated/α-hetero) is 1. The van der Waals surface area contributed by atoms with Gasteiger partial charge in [-0.05, 0) is 42.3 Å². The number of para-hydroxylation sites is 1. The highest BCUT2D eigenvalue weighted by atomic mass is 127. The maximum absolute atomic E-state index is 14.4. The first-order valence-corrected chi connectivity index (χ1v) is 16.1. The van der Waals surface area contributed by atoms with Crippen molar-refractivity contribution < 1.29 is 27.5 Å². The van der Waals surface area contributed by atoms with Crippen molar-refractivity contribution in [3.05, 3.63) is 102 Å². The van der Waals surface area contributed by atoms with Crippen LogP contribution in [0.3, 0.4) is 0 Å². The number of hydrogen-bond donors (Lipinski definition) is 2. The first-order chi connectivity index (χ1) is 22.4. The molecule has 0 unspecified atom stereocenters. The number of nitrogens with zero attached hydrogens (tertiary/aromatic N) is 4. The van der Waals surface area contributed by atoms with Crippen molar-refractivity contribution in [3.8, 4) is 0 Å². The molecule has 0 aliphatic carbocycles. The Morgan fingerprint density at radius 1 is 1.00 bits per heavy atom. The number of ketones is 1. The summed E-state index contributed by atoms with van der Waals surface area (Å²) >= 11 is 0. The number of carbonyl (C=O) groups is 3. The van der Waals surface area contributed by atoms with Gasteiger partial charge in [-0.1, -0.05) is 42.5 Å². The zero-order valence-corrected chi connectivity index (χ0v) is 29.7. The van der Waals surface area contributed by atoms with E-state index in [0.717, 1.165) is 14.8 Å². The molecule has 250 valence electrons. The SMILES string of the molecule is COC(=O)CN(C)C(=O)CN(c1ccc2c(c1)c(C(=O)CCc1ccc(C(=N)N)cc1)cn2C)S(=O)(=O)c1cccc2cccnc12.I. The van der Waals surface area contributed by atoms with Gasteiger partial charge in [-0.15, -0.1) is 24.0 Å². The Balaban J connectivity index is 0.00000520. The Kier molecular flexibility index (Phi) is 11.2. The summed E-state index contributed by atoms with van der Waals surface area (Å²) in [6.45, 7) is -0.996. The molecular weight excluding hydrogens is 747 g/mol. The second-order valence-corrected chi connectivity index (χ2v) is 12.9. The van der Waals surface area contributed by atoms with E-state index in [-0.39, 0.29) is 64.7 Å². The number of nitrogens with two attached hydrogens (primary N) is 1. The molecule has 0 saturated heterocycles. The smallest absolute Gasteiger partial charge is 0.325 e. The van der Waals surface area contributed by atoms with Crippen LogP contribution in [0.2, 0.25) is 0 Å². The van der Waals surface area contributed by atoms with Crippen LogP contribution >= 0.6 is 24.0 Å². The van der Waals surface area contributed by atoms with E-state index < -0.39 is 28.4 Å². The molecule has 3 N–H and O–H groups in total. The van der Waals surface area contributed by atoms with E-state index >= 15 is 0 Å². The minimum Gasteiger partial charge on any atom is -0.468 e. The van der Waals surface area contributed by atoms with Crippen LogP contribution in [0.15, 0.2) is 90.1 Å². The molecule has 14 heteroatoms. The predicted molar refractivity (Wildman–Crippen MR) is 194 cm³/mol. The van der Waals surface area contributed by atoms with E-state index in [0.29, 0.717) is 33.8 Å². The number of rotatable bonds is 12. The van der Waals surface area contributed by atoms with E-state index in [9.17, 15) is 22.8 Å². The summed E-state index contributed by atoms with van der Waals surface area (Å²) in [6.07, 6.45) is 3.83. The normalized spacial score (nSPS) is 11.1. The van der Waals surface area contributed by atoms with Crippen LogP contribution in [0.25, 0.3) is 21.8 Å². The Hall–Kier alpha value is -4.83. The number of amides is 1. The molecule has 0 spiro atoms. The van der Waals surface area contributed by atoms with Gasteiger partial charge in [-0.2, -0.15) is 0 Å². The predicted octanol–water partition coefficient (Wildman–Crippen LogP) is 4.27. The van der Waals surface area contributed by atoms with Crippen molar-refractivity contribution in [2.75, 3.05) is 31.6 Å². The molecule has 2 aromatic heterocycles. The maximum atomic E-state index is 14.4. The number of pyridine rings is 1. The van der Waals surface area contributed by atoms with Gasteiger partial charge < -0.3 is 19.9 Å². The van der Waals surface area contributed by atoms with E-state index in [2.05, 4.69) is 9.72 Å². The fourth-order valence-corrected chi connectivity index (χ4v) is 6.88. The number of anilines is 1. The number of aromatic nitrogens is 2. The number of carbonyl (C=O) groups excluding carboxylic acids is 3. The highest BCUT2D eigenvalue weighted by Gasteiger charge is 2.31. The third-order valence-corrected chi connectivity index (χ3v) is 9.73. The summed E-state index contributed by atoms with van der Waals surface area (Å²) in [4.78, 5) is 44.1. The molecule has 2 heterocycles.